The summed E-state index contributed by atoms with van der Waals surface area (Å²) in [5.41, 5.74) is 4.46. The predicted octanol–water partition coefficient (Wildman–Crippen LogP) is 2.38. The van der Waals surface area contributed by atoms with Gasteiger partial charge in [0.1, 0.15) is 0 Å². The standard InChI is InChI=1S/C11H9F3N4OS/c12-11(13,14)7-3-1-2-6(4-7)8(19)5-20-10-16-9(15)17-18-10/h1-4H,5H2,(H3,15,16,17,18). The second-order valence-electron chi connectivity index (χ2n) is 3.79. The molecule has 0 radical (unpaired) electrons. The minimum Gasteiger partial charge on any atom is -0.368 e. The van der Waals surface area contributed by atoms with Crippen molar-refractivity contribution in [3.05, 3.63) is 35.4 Å². The van der Waals surface area contributed by atoms with Crippen LogP contribution in [-0.2, 0) is 6.18 Å². The number of nitrogen functional groups attached to an aromatic ring is 1. The number of Topliss-reactive ketones (excluding diaryl/α,β-unsaturated/α-hetero) is 1. The number of halogens is 3. The molecule has 0 unspecified atom stereocenters. The van der Waals surface area contributed by atoms with Crippen molar-refractivity contribution in [3.8, 4) is 0 Å². The van der Waals surface area contributed by atoms with Gasteiger partial charge in [0.25, 0.3) is 0 Å². The molecular formula is C11H9F3N4OS. The van der Waals surface area contributed by atoms with E-state index in [0.29, 0.717) is 0 Å². The predicted molar refractivity (Wildman–Crippen MR) is 67.3 cm³/mol. The smallest absolute Gasteiger partial charge is 0.368 e. The second-order valence-corrected chi connectivity index (χ2v) is 4.74. The Labute approximate surface area is 115 Å². The van der Waals surface area contributed by atoms with E-state index in [0.717, 1.165) is 23.9 Å². The summed E-state index contributed by atoms with van der Waals surface area (Å²) in [6.45, 7) is 0. The molecule has 9 heteroatoms. The van der Waals surface area contributed by atoms with Gasteiger partial charge in [0.05, 0.1) is 11.3 Å². The average Bonchev–Trinajstić information content (AvgIpc) is 2.81. The van der Waals surface area contributed by atoms with Crippen molar-refractivity contribution in [1.29, 1.82) is 0 Å². The third-order valence-corrected chi connectivity index (χ3v) is 3.17. The van der Waals surface area contributed by atoms with Crippen LogP contribution in [0.25, 0.3) is 0 Å². The SMILES string of the molecule is Nc1nc(SCC(=O)c2cccc(C(F)(F)F)c2)n[nH]1. The van der Waals surface area contributed by atoms with Gasteiger partial charge in [-0.1, -0.05) is 23.9 Å². The Morgan fingerprint density at radius 3 is 2.75 bits per heavy atom. The molecule has 106 valence electrons. The molecule has 1 aromatic heterocycles. The normalized spacial score (nSPS) is 11.6. The highest BCUT2D eigenvalue weighted by Crippen LogP contribution is 2.29. The fraction of sp³-hybridized carbons (Fsp3) is 0.182. The van der Waals surface area contributed by atoms with Gasteiger partial charge in [0.2, 0.25) is 11.1 Å². The number of hydrogen-bond acceptors (Lipinski definition) is 5. The number of aromatic nitrogens is 3. The molecule has 0 saturated carbocycles. The number of hydrogen-bond donors (Lipinski definition) is 2. The molecule has 0 aliphatic carbocycles. The summed E-state index contributed by atoms with van der Waals surface area (Å²) < 4.78 is 37.6. The van der Waals surface area contributed by atoms with E-state index in [2.05, 4.69) is 15.2 Å². The van der Waals surface area contributed by atoms with E-state index in [-0.39, 0.29) is 22.4 Å². The lowest BCUT2D eigenvalue weighted by Gasteiger charge is -2.07. The summed E-state index contributed by atoms with van der Waals surface area (Å²) in [7, 11) is 0. The molecule has 0 spiro atoms. The van der Waals surface area contributed by atoms with E-state index in [4.69, 9.17) is 5.73 Å². The van der Waals surface area contributed by atoms with E-state index < -0.39 is 17.5 Å². The van der Waals surface area contributed by atoms with Gasteiger partial charge in [-0.2, -0.15) is 18.2 Å². The zero-order valence-electron chi connectivity index (χ0n) is 9.94. The first-order valence-electron chi connectivity index (χ1n) is 5.37. The Hall–Kier alpha value is -2.03. The highest BCUT2D eigenvalue weighted by Gasteiger charge is 2.30. The van der Waals surface area contributed by atoms with E-state index in [1.807, 2.05) is 0 Å². The largest absolute Gasteiger partial charge is 0.416 e. The van der Waals surface area contributed by atoms with Gasteiger partial charge in [-0.05, 0) is 12.1 Å². The summed E-state index contributed by atoms with van der Waals surface area (Å²) in [5.74, 6) is -0.401. The molecule has 1 heterocycles. The Balaban J connectivity index is 2.06. The number of carbonyl (C=O) groups excluding carboxylic acids is 1. The second kappa shape index (κ2) is 5.53. The van der Waals surface area contributed by atoms with Gasteiger partial charge >= 0.3 is 6.18 Å². The van der Waals surface area contributed by atoms with Gasteiger partial charge in [-0.3, -0.25) is 4.79 Å². The summed E-state index contributed by atoms with van der Waals surface area (Å²) in [4.78, 5) is 15.6. The molecule has 0 aliphatic heterocycles. The Morgan fingerprint density at radius 2 is 2.15 bits per heavy atom. The number of thioether (sulfide) groups is 1. The third kappa shape index (κ3) is 3.50. The van der Waals surface area contributed by atoms with E-state index in [1.165, 1.54) is 12.1 Å². The number of anilines is 1. The number of nitrogens with zero attached hydrogens (tertiary/aromatic N) is 2. The van der Waals surface area contributed by atoms with Crippen LogP contribution < -0.4 is 5.73 Å². The summed E-state index contributed by atoms with van der Waals surface area (Å²) >= 11 is 0.993. The lowest BCUT2D eigenvalue weighted by molar-refractivity contribution is -0.137. The third-order valence-electron chi connectivity index (χ3n) is 2.33. The Morgan fingerprint density at radius 1 is 1.40 bits per heavy atom. The number of benzene rings is 1. The van der Waals surface area contributed by atoms with Crippen molar-refractivity contribution in [2.75, 3.05) is 11.5 Å². The van der Waals surface area contributed by atoms with Crippen LogP contribution in [0.2, 0.25) is 0 Å². The van der Waals surface area contributed by atoms with Gasteiger partial charge in [-0.15, -0.1) is 5.10 Å². The van der Waals surface area contributed by atoms with E-state index in [9.17, 15) is 18.0 Å². The van der Waals surface area contributed by atoms with Crippen LogP contribution in [0.5, 0.6) is 0 Å². The first-order valence-corrected chi connectivity index (χ1v) is 6.36. The topological polar surface area (TPSA) is 84.7 Å². The summed E-state index contributed by atoms with van der Waals surface area (Å²) in [6.07, 6.45) is -4.47. The first kappa shape index (κ1) is 14.4. The van der Waals surface area contributed by atoms with Crippen molar-refractivity contribution in [2.24, 2.45) is 0 Å². The molecule has 0 saturated heterocycles. The fourth-order valence-corrected chi connectivity index (χ4v) is 2.11. The van der Waals surface area contributed by atoms with E-state index >= 15 is 0 Å². The molecule has 2 aromatic rings. The fourth-order valence-electron chi connectivity index (χ4n) is 1.41. The monoisotopic (exact) mass is 302 g/mol. The number of ketones is 1. The van der Waals surface area contributed by atoms with Gasteiger partial charge in [0, 0.05) is 5.56 Å². The number of aromatic amines is 1. The summed E-state index contributed by atoms with van der Waals surface area (Å²) in [5, 5.41) is 6.37. The molecular weight excluding hydrogens is 293 g/mol. The number of rotatable bonds is 4. The zero-order valence-corrected chi connectivity index (χ0v) is 10.8. The molecule has 0 atom stereocenters. The number of carbonyl (C=O) groups is 1. The van der Waals surface area contributed by atoms with Gasteiger partial charge in [-0.25, -0.2) is 5.10 Å². The van der Waals surface area contributed by atoms with Crippen molar-refractivity contribution in [3.63, 3.8) is 0 Å². The average molecular weight is 302 g/mol. The van der Waals surface area contributed by atoms with E-state index in [1.54, 1.807) is 0 Å². The lowest BCUT2D eigenvalue weighted by Crippen LogP contribution is -2.08. The van der Waals surface area contributed by atoms with Crippen LogP contribution in [0.3, 0.4) is 0 Å². The maximum Gasteiger partial charge on any atom is 0.416 e. The van der Waals surface area contributed by atoms with Gasteiger partial charge in [0.15, 0.2) is 5.78 Å². The van der Waals surface area contributed by atoms with Gasteiger partial charge < -0.3 is 5.73 Å². The number of nitrogens with one attached hydrogen (secondary N) is 1. The van der Waals surface area contributed by atoms with Crippen LogP contribution in [-0.4, -0.2) is 26.7 Å². The van der Waals surface area contributed by atoms with Crippen LogP contribution in [0.1, 0.15) is 15.9 Å². The molecule has 0 aliphatic rings. The molecule has 0 fully saturated rings. The molecule has 20 heavy (non-hydrogen) atoms. The van der Waals surface area contributed by atoms with Crippen LogP contribution in [0.15, 0.2) is 29.4 Å². The highest BCUT2D eigenvalue weighted by atomic mass is 32.2. The molecule has 5 nitrogen and oxygen atoms in total. The van der Waals surface area contributed by atoms with Crippen LogP contribution >= 0.6 is 11.8 Å². The molecule has 3 N–H and O–H groups in total. The number of H-pyrrole nitrogens is 1. The Bertz CT molecular complexity index is 626. The Kier molecular flexibility index (Phi) is 3.98. The molecule has 0 bridgehead atoms. The summed E-state index contributed by atoms with van der Waals surface area (Å²) in [6, 6.07) is 4.28. The maximum atomic E-state index is 12.5. The lowest BCUT2D eigenvalue weighted by atomic mass is 10.1. The van der Waals surface area contributed by atoms with Crippen molar-refractivity contribution in [1.82, 2.24) is 15.2 Å². The molecule has 2 rings (SSSR count). The molecule has 0 amide bonds. The number of nitrogens with two attached hydrogens (primary N) is 1. The first-order chi connectivity index (χ1) is 9.36. The van der Waals surface area contributed by atoms with Crippen molar-refractivity contribution < 1.29 is 18.0 Å². The minimum atomic E-state index is -4.47. The van der Waals surface area contributed by atoms with Crippen molar-refractivity contribution >= 4 is 23.5 Å². The van der Waals surface area contributed by atoms with Crippen LogP contribution in [0.4, 0.5) is 19.1 Å². The zero-order chi connectivity index (χ0) is 14.8. The maximum absolute atomic E-state index is 12.5. The number of alkyl halides is 3. The highest BCUT2D eigenvalue weighted by molar-refractivity contribution is 7.99. The van der Waals surface area contributed by atoms with Crippen LogP contribution in [0, 0.1) is 0 Å². The molecule has 1 aromatic carbocycles. The quantitative estimate of drug-likeness (QED) is 0.669. The minimum absolute atomic E-state index is 0.00386. The van der Waals surface area contributed by atoms with Crippen molar-refractivity contribution in [2.45, 2.75) is 11.3 Å².